The molecule has 0 aromatic heterocycles. The number of carbonyl (C=O) groups excluding carboxylic acids is 2. The predicted octanol–water partition coefficient (Wildman–Crippen LogP) is 3.03. The molecular weight excluding hydrogens is 402 g/mol. The van der Waals surface area contributed by atoms with Gasteiger partial charge in [-0.3, -0.25) is 15.0 Å². The van der Waals surface area contributed by atoms with Crippen molar-refractivity contribution in [3.05, 3.63) is 10.4 Å². The van der Waals surface area contributed by atoms with E-state index >= 15 is 0 Å². The van der Waals surface area contributed by atoms with Gasteiger partial charge in [-0.05, 0) is 18.9 Å². The van der Waals surface area contributed by atoms with Gasteiger partial charge in [0.15, 0.2) is 11.1 Å². The van der Waals surface area contributed by atoms with E-state index in [4.69, 9.17) is 26.6 Å². The molecule has 2 saturated heterocycles. The molecule has 10 nitrogen and oxygen atoms in total. The van der Waals surface area contributed by atoms with Gasteiger partial charge in [0.25, 0.3) is 5.91 Å². The van der Waals surface area contributed by atoms with Crippen LogP contribution in [0.5, 0.6) is 0 Å². The first-order valence-corrected chi connectivity index (χ1v) is 10.5. The van der Waals surface area contributed by atoms with Gasteiger partial charge in [-0.1, -0.05) is 44.1 Å². The summed E-state index contributed by atoms with van der Waals surface area (Å²) in [7, 11) is 0. The number of unbranched alkanes of at least 4 members (excludes halogenated alkanes) is 5. The third-order valence-corrected chi connectivity index (χ3v) is 5.64. The summed E-state index contributed by atoms with van der Waals surface area (Å²) < 4.78 is 11.6. The van der Waals surface area contributed by atoms with Crippen LogP contribution in [-0.4, -0.2) is 64.6 Å². The maximum Gasteiger partial charge on any atom is 0.328 e. The second kappa shape index (κ2) is 11.0. The molecule has 0 spiro atoms. The molecule has 11 heteroatoms. The number of halogens is 1. The molecule has 3 amide bonds. The Hall–Kier alpha value is -1.58. The van der Waals surface area contributed by atoms with Crippen molar-refractivity contribution in [2.24, 2.45) is 5.11 Å². The van der Waals surface area contributed by atoms with Gasteiger partial charge in [0, 0.05) is 17.9 Å². The van der Waals surface area contributed by atoms with Crippen LogP contribution < -0.4 is 5.32 Å². The summed E-state index contributed by atoms with van der Waals surface area (Å²) >= 11 is 6.46. The molecule has 2 rings (SSSR count). The largest absolute Gasteiger partial charge is 0.394 e. The molecule has 29 heavy (non-hydrogen) atoms. The molecule has 0 aliphatic carbocycles. The van der Waals surface area contributed by atoms with Gasteiger partial charge in [-0.15, -0.1) is 11.6 Å². The Balaban J connectivity index is 2.07. The molecule has 2 aliphatic rings. The van der Waals surface area contributed by atoms with Gasteiger partial charge < -0.3 is 14.6 Å². The van der Waals surface area contributed by atoms with Gasteiger partial charge in [-0.2, -0.15) is 0 Å². The van der Waals surface area contributed by atoms with E-state index < -0.39 is 41.4 Å². The molecule has 164 valence electrons. The van der Waals surface area contributed by atoms with E-state index in [1.165, 1.54) is 31.1 Å². The first-order valence-electron chi connectivity index (χ1n) is 10.1. The number of ether oxygens (including phenoxy) is 2. The zero-order valence-corrected chi connectivity index (χ0v) is 17.7. The summed E-state index contributed by atoms with van der Waals surface area (Å²) in [5.41, 5.74) is 8.72. The highest BCUT2D eigenvalue weighted by atomic mass is 35.5. The van der Waals surface area contributed by atoms with Crippen molar-refractivity contribution in [3.63, 3.8) is 0 Å². The summed E-state index contributed by atoms with van der Waals surface area (Å²) in [6, 6.07) is -1.33. The topological polar surface area (TPSA) is 137 Å². The Kier molecular flexibility index (Phi) is 8.98. The average molecular weight is 432 g/mol. The molecule has 0 saturated carbocycles. The summed E-state index contributed by atoms with van der Waals surface area (Å²) in [5, 5.41) is 15.3. The second-order valence-electron chi connectivity index (χ2n) is 7.55. The SMILES string of the molecule is CCCCCCCCO[C@H]1N(C2CC(N=[N+]=[N-])C(CO)O2)C(=O)NC(=O)[C@]1(C)Cl. The molecule has 0 aromatic carbocycles. The molecule has 2 N–H and O–H groups in total. The zero-order chi connectivity index (χ0) is 21.4. The number of carbonyl (C=O) groups is 2. The molecule has 5 atom stereocenters. The van der Waals surface area contributed by atoms with Gasteiger partial charge >= 0.3 is 6.03 Å². The minimum Gasteiger partial charge on any atom is -0.394 e. The van der Waals surface area contributed by atoms with Crippen LogP contribution in [0.1, 0.15) is 58.8 Å². The van der Waals surface area contributed by atoms with E-state index in [0.717, 1.165) is 19.3 Å². The van der Waals surface area contributed by atoms with Gasteiger partial charge in [0.05, 0.1) is 18.8 Å². The average Bonchev–Trinajstić information content (AvgIpc) is 3.07. The van der Waals surface area contributed by atoms with E-state index in [2.05, 4.69) is 22.3 Å². The highest BCUT2D eigenvalue weighted by Crippen LogP contribution is 2.35. The lowest BCUT2D eigenvalue weighted by Crippen LogP contribution is -2.69. The van der Waals surface area contributed by atoms with Crippen molar-refractivity contribution in [2.75, 3.05) is 13.2 Å². The maximum absolute atomic E-state index is 12.6. The molecule has 2 heterocycles. The highest BCUT2D eigenvalue weighted by Gasteiger charge is 2.54. The van der Waals surface area contributed by atoms with E-state index in [1.54, 1.807) is 0 Å². The first kappa shape index (κ1) is 23.7. The minimum absolute atomic E-state index is 0.167. The molecular formula is C18H30ClN5O5. The van der Waals surface area contributed by atoms with Crippen LogP contribution in [0.25, 0.3) is 10.4 Å². The number of nitrogens with zero attached hydrogens (tertiary/aromatic N) is 4. The van der Waals surface area contributed by atoms with Crippen molar-refractivity contribution >= 4 is 23.5 Å². The molecule has 3 unspecified atom stereocenters. The number of aliphatic hydroxyl groups is 1. The molecule has 0 radical (unpaired) electrons. The second-order valence-corrected chi connectivity index (χ2v) is 8.34. The molecule has 2 aliphatic heterocycles. The Morgan fingerprint density at radius 3 is 2.72 bits per heavy atom. The fraction of sp³-hybridized carbons (Fsp3) is 0.889. The van der Waals surface area contributed by atoms with Crippen LogP contribution in [0.2, 0.25) is 0 Å². The third-order valence-electron chi connectivity index (χ3n) is 5.28. The van der Waals surface area contributed by atoms with Crippen molar-refractivity contribution < 1.29 is 24.2 Å². The van der Waals surface area contributed by atoms with Crippen LogP contribution in [0.4, 0.5) is 4.79 Å². The van der Waals surface area contributed by atoms with Crippen LogP contribution >= 0.6 is 11.6 Å². The molecule has 0 bridgehead atoms. The Bertz CT molecular complexity index is 628. The first-order chi connectivity index (χ1) is 13.9. The Labute approximate surface area is 175 Å². The smallest absolute Gasteiger partial charge is 0.328 e. The third kappa shape index (κ3) is 5.73. The van der Waals surface area contributed by atoms with Crippen LogP contribution in [0.3, 0.4) is 0 Å². The van der Waals surface area contributed by atoms with E-state index in [-0.39, 0.29) is 13.0 Å². The highest BCUT2D eigenvalue weighted by molar-refractivity contribution is 6.36. The number of rotatable bonds is 11. The number of nitrogens with one attached hydrogen (secondary N) is 1. The number of alkyl halides is 1. The van der Waals surface area contributed by atoms with Crippen molar-refractivity contribution in [3.8, 4) is 0 Å². The maximum atomic E-state index is 12.6. The summed E-state index contributed by atoms with van der Waals surface area (Å²) in [6.45, 7) is 3.61. The van der Waals surface area contributed by atoms with Crippen molar-refractivity contribution in [1.29, 1.82) is 0 Å². The quantitative estimate of drug-likeness (QED) is 0.170. The minimum atomic E-state index is -1.51. The summed E-state index contributed by atoms with van der Waals surface area (Å²) in [5.74, 6) is -0.642. The van der Waals surface area contributed by atoms with Gasteiger partial charge in [0.1, 0.15) is 6.23 Å². The van der Waals surface area contributed by atoms with Crippen LogP contribution in [-0.2, 0) is 14.3 Å². The number of imide groups is 1. The fourth-order valence-corrected chi connectivity index (χ4v) is 3.81. The normalized spacial score (nSPS) is 32.2. The van der Waals surface area contributed by atoms with Crippen molar-refractivity contribution in [2.45, 2.75) is 88.3 Å². The summed E-state index contributed by atoms with van der Waals surface area (Å²) in [4.78, 5) is 27.3. The standard InChI is InChI=1S/C18H30ClN5O5/c1-3-4-5-6-7-8-9-28-16-18(2,19)15(26)21-17(27)24(16)14-10-12(22-23-20)13(11-25)29-14/h12-14,16,25H,3-11H2,1-2H3,(H,21,26,27)/t12?,13?,14?,16-,18+/m1/s1. The van der Waals surface area contributed by atoms with E-state index in [0.29, 0.717) is 6.61 Å². The van der Waals surface area contributed by atoms with E-state index in [1.807, 2.05) is 0 Å². The van der Waals surface area contributed by atoms with Gasteiger partial charge in [-0.25, -0.2) is 4.79 Å². The molecule has 0 aromatic rings. The number of amides is 3. The van der Waals surface area contributed by atoms with Gasteiger partial charge in [0.2, 0.25) is 0 Å². The number of aliphatic hydroxyl groups excluding tert-OH is 1. The van der Waals surface area contributed by atoms with Crippen LogP contribution in [0, 0.1) is 0 Å². The number of azide groups is 1. The van der Waals surface area contributed by atoms with Crippen LogP contribution in [0.15, 0.2) is 5.11 Å². The zero-order valence-electron chi connectivity index (χ0n) is 16.9. The van der Waals surface area contributed by atoms with E-state index in [9.17, 15) is 14.7 Å². The Morgan fingerprint density at radius 1 is 1.38 bits per heavy atom. The lowest BCUT2D eigenvalue weighted by atomic mass is 10.0. The number of hydrogen-bond acceptors (Lipinski definition) is 6. The fourth-order valence-electron chi connectivity index (χ4n) is 3.60. The lowest BCUT2D eigenvalue weighted by molar-refractivity contribution is -0.161. The lowest BCUT2D eigenvalue weighted by Gasteiger charge is -2.45. The number of hydrogen-bond donors (Lipinski definition) is 2. The molecule has 2 fully saturated rings. The monoisotopic (exact) mass is 431 g/mol. The Morgan fingerprint density at radius 2 is 2.07 bits per heavy atom. The summed E-state index contributed by atoms with van der Waals surface area (Å²) in [6.07, 6.45) is 3.92. The predicted molar refractivity (Wildman–Crippen MR) is 106 cm³/mol. The van der Waals surface area contributed by atoms with Crippen molar-refractivity contribution in [1.82, 2.24) is 10.2 Å². The number of urea groups is 1.